The van der Waals surface area contributed by atoms with Gasteiger partial charge in [0.05, 0.1) is 5.69 Å². The molecular weight excluding hydrogens is 300 g/mol. The van der Waals surface area contributed by atoms with Gasteiger partial charge in [0.2, 0.25) is 0 Å². The number of nitrogens with two attached hydrogens (primary N) is 1. The summed E-state index contributed by atoms with van der Waals surface area (Å²) in [5.41, 5.74) is 9.98. The maximum absolute atomic E-state index is 12.1. The van der Waals surface area contributed by atoms with Crippen LogP contribution in [-0.4, -0.2) is 6.09 Å². The molecule has 0 fully saturated rings. The zero-order valence-corrected chi connectivity index (χ0v) is 13.1. The van der Waals surface area contributed by atoms with Crippen molar-refractivity contribution in [1.82, 2.24) is 0 Å². The van der Waals surface area contributed by atoms with Gasteiger partial charge in [-0.05, 0) is 23.3 Å². The largest absolute Gasteiger partial charge is 0.444 e. The Hall–Kier alpha value is -3.27. The number of hydrogen-bond donors (Lipinski definition) is 2. The third-order valence-electron chi connectivity index (χ3n) is 3.61. The summed E-state index contributed by atoms with van der Waals surface area (Å²) in [6.45, 7) is 0.218. The fourth-order valence-electron chi connectivity index (χ4n) is 2.47. The van der Waals surface area contributed by atoms with E-state index >= 15 is 0 Å². The monoisotopic (exact) mass is 318 g/mol. The van der Waals surface area contributed by atoms with Crippen LogP contribution in [0.2, 0.25) is 0 Å². The summed E-state index contributed by atoms with van der Waals surface area (Å²) in [4.78, 5) is 12.1. The number of carbonyl (C=O) groups is 1. The SMILES string of the molecule is Nc1cccc(NC(=O)OCc2ccccc2)c1-c1ccccc1. The minimum atomic E-state index is -0.512. The van der Waals surface area contributed by atoms with Gasteiger partial charge in [-0.15, -0.1) is 0 Å². The van der Waals surface area contributed by atoms with E-state index < -0.39 is 6.09 Å². The Morgan fingerprint density at radius 3 is 2.25 bits per heavy atom. The number of nitrogen functional groups attached to an aromatic ring is 1. The number of benzene rings is 3. The minimum absolute atomic E-state index is 0.218. The summed E-state index contributed by atoms with van der Waals surface area (Å²) in [5, 5.41) is 2.78. The molecule has 0 bridgehead atoms. The Morgan fingerprint density at radius 2 is 1.54 bits per heavy atom. The quantitative estimate of drug-likeness (QED) is 0.686. The van der Waals surface area contributed by atoms with E-state index in [0.717, 1.165) is 16.7 Å². The lowest BCUT2D eigenvalue weighted by atomic mass is 10.0. The molecule has 3 aromatic rings. The first-order valence-corrected chi connectivity index (χ1v) is 7.65. The van der Waals surface area contributed by atoms with Crippen LogP contribution in [-0.2, 0) is 11.3 Å². The van der Waals surface area contributed by atoms with Gasteiger partial charge in [-0.3, -0.25) is 5.32 Å². The smallest absolute Gasteiger partial charge is 0.411 e. The Balaban J connectivity index is 1.75. The molecule has 0 aliphatic carbocycles. The molecular formula is C20H18N2O2. The molecule has 0 radical (unpaired) electrons. The second-order valence-corrected chi connectivity index (χ2v) is 5.32. The van der Waals surface area contributed by atoms with Crippen molar-refractivity contribution in [2.45, 2.75) is 6.61 Å². The Morgan fingerprint density at radius 1 is 0.875 bits per heavy atom. The lowest BCUT2D eigenvalue weighted by molar-refractivity contribution is 0.155. The molecule has 0 aromatic heterocycles. The number of amides is 1. The van der Waals surface area contributed by atoms with E-state index in [1.54, 1.807) is 6.07 Å². The molecule has 3 N–H and O–H groups in total. The van der Waals surface area contributed by atoms with Crippen LogP contribution in [0.5, 0.6) is 0 Å². The molecule has 0 saturated carbocycles. The summed E-state index contributed by atoms with van der Waals surface area (Å²) >= 11 is 0. The minimum Gasteiger partial charge on any atom is -0.444 e. The first kappa shape index (κ1) is 15.6. The molecule has 1 amide bonds. The van der Waals surface area contributed by atoms with Gasteiger partial charge in [0, 0.05) is 11.3 Å². The third kappa shape index (κ3) is 3.73. The maximum Gasteiger partial charge on any atom is 0.411 e. The Kier molecular flexibility index (Phi) is 4.77. The standard InChI is InChI=1S/C20H18N2O2/c21-17-12-7-13-18(19(17)16-10-5-2-6-11-16)22-20(23)24-14-15-8-3-1-4-9-15/h1-13H,14,21H2,(H,22,23). The number of carbonyl (C=O) groups excluding carboxylic acids is 1. The van der Waals surface area contributed by atoms with Crippen molar-refractivity contribution in [3.05, 3.63) is 84.4 Å². The van der Waals surface area contributed by atoms with Crippen molar-refractivity contribution in [2.24, 2.45) is 0 Å². The van der Waals surface area contributed by atoms with Crippen molar-refractivity contribution in [3.8, 4) is 11.1 Å². The van der Waals surface area contributed by atoms with E-state index in [4.69, 9.17) is 10.5 Å². The van der Waals surface area contributed by atoms with Gasteiger partial charge in [0.25, 0.3) is 0 Å². The molecule has 24 heavy (non-hydrogen) atoms. The van der Waals surface area contributed by atoms with Crippen molar-refractivity contribution < 1.29 is 9.53 Å². The van der Waals surface area contributed by atoms with Crippen LogP contribution in [0.1, 0.15) is 5.56 Å². The van der Waals surface area contributed by atoms with E-state index in [2.05, 4.69) is 5.32 Å². The van der Waals surface area contributed by atoms with Crippen LogP contribution < -0.4 is 11.1 Å². The molecule has 0 spiro atoms. The Labute approximate surface area is 140 Å². The van der Waals surface area contributed by atoms with E-state index in [1.807, 2.05) is 72.8 Å². The average molecular weight is 318 g/mol. The van der Waals surface area contributed by atoms with Crippen LogP contribution in [0.3, 0.4) is 0 Å². The van der Waals surface area contributed by atoms with Crippen LogP contribution >= 0.6 is 0 Å². The number of nitrogens with one attached hydrogen (secondary N) is 1. The van der Waals surface area contributed by atoms with Crippen molar-refractivity contribution in [3.63, 3.8) is 0 Å². The first-order valence-electron chi connectivity index (χ1n) is 7.65. The van der Waals surface area contributed by atoms with E-state index in [1.165, 1.54) is 0 Å². The van der Waals surface area contributed by atoms with Gasteiger partial charge >= 0.3 is 6.09 Å². The molecule has 0 atom stereocenters. The topological polar surface area (TPSA) is 64.3 Å². The maximum atomic E-state index is 12.1. The molecule has 3 rings (SSSR count). The molecule has 3 aromatic carbocycles. The van der Waals surface area contributed by atoms with Crippen LogP contribution in [0.15, 0.2) is 78.9 Å². The summed E-state index contributed by atoms with van der Waals surface area (Å²) < 4.78 is 5.27. The number of hydrogen-bond acceptors (Lipinski definition) is 3. The van der Waals surface area contributed by atoms with Crippen molar-refractivity contribution >= 4 is 17.5 Å². The summed E-state index contributed by atoms with van der Waals surface area (Å²) in [6.07, 6.45) is -0.512. The van der Waals surface area contributed by atoms with Gasteiger partial charge in [-0.25, -0.2) is 4.79 Å². The highest BCUT2D eigenvalue weighted by molar-refractivity contribution is 5.95. The first-order chi connectivity index (χ1) is 11.7. The van der Waals surface area contributed by atoms with Gasteiger partial charge in [0.1, 0.15) is 6.61 Å². The fourth-order valence-corrected chi connectivity index (χ4v) is 2.47. The highest BCUT2D eigenvalue weighted by atomic mass is 16.5. The normalized spacial score (nSPS) is 10.2. The van der Waals surface area contributed by atoms with Crippen LogP contribution in [0.25, 0.3) is 11.1 Å². The molecule has 4 heteroatoms. The molecule has 0 aliphatic rings. The van der Waals surface area contributed by atoms with Gasteiger partial charge < -0.3 is 10.5 Å². The third-order valence-corrected chi connectivity index (χ3v) is 3.61. The van der Waals surface area contributed by atoms with Crippen molar-refractivity contribution in [2.75, 3.05) is 11.1 Å². The molecule has 0 heterocycles. The summed E-state index contributed by atoms with van der Waals surface area (Å²) in [7, 11) is 0. The molecule has 4 nitrogen and oxygen atoms in total. The molecule has 120 valence electrons. The van der Waals surface area contributed by atoms with E-state index in [9.17, 15) is 4.79 Å². The molecule has 0 aliphatic heterocycles. The van der Waals surface area contributed by atoms with Crippen LogP contribution in [0, 0.1) is 0 Å². The molecule has 0 saturated heterocycles. The highest BCUT2D eigenvalue weighted by Gasteiger charge is 2.12. The second kappa shape index (κ2) is 7.33. The highest BCUT2D eigenvalue weighted by Crippen LogP contribution is 2.33. The van der Waals surface area contributed by atoms with Gasteiger partial charge in [-0.1, -0.05) is 66.7 Å². The zero-order valence-electron chi connectivity index (χ0n) is 13.1. The van der Waals surface area contributed by atoms with Crippen LogP contribution in [0.4, 0.5) is 16.2 Å². The number of anilines is 2. The predicted molar refractivity (Wildman–Crippen MR) is 96.5 cm³/mol. The average Bonchev–Trinajstić information content (AvgIpc) is 2.62. The summed E-state index contributed by atoms with van der Waals surface area (Å²) in [5.74, 6) is 0. The fraction of sp³-hybridized carbons (Fsp3) is 0.0500. The predicted octanol–water partition coefficient (Wildman–Crippen LogP) is 4.68. The number of rotatable bonds is 4. The summed E-state index contributed by atoms with van der Waals surface area (Å²) in [6, 6.07) is 24.7. The van der Waals surface area contributed by atoms with Gasteiger partial charge in [-0.2, -0.15) is 0 Å². The lowest BCUT2D eigenvalue weighted by Gasteiger charge is -2.14. The van der Waals surface area contributed by atoms with E-state index in [-0.39, 0.29) is 6.61 Å². The van der Waals surface area contributed by atoms with E-state index in [0.29, 0.717) is 11.4 Å². The van der Waals surface area contributed by atoms with Gasteiger partial charge in [0.15, 0.2) is 0 Å². The number of ether oxygens (including phenoxy) is 1. The Bertz CT molecular complexity index is 818. The second-order valence-electron chi connectivity index (χ2n) is 5.32. The lowest BCUT2D eigenvalue weighted by Crippen LogP contribution is -2.14. The zero-order chi connectivity index (χ0) is 16.8. The van der Waals surface area contributed by atoms with Crippen molar-refractivity contribution in [1.29, 1.82) is 0 Å². The molecule has 0 unspecified atom stereocenters.